The van der Waals surface area contributed by atoms with Gasteiger partial charge in [-0.05, 0) is 33.0 Å². The summed E-state index contributed by atoms with van der Waals surface area (Å²) < 4.78 is 10.8. The highest BCUT2D eigenvalue weighted by atomic mass is 16.5. The SMILES string of the molecule is CN=C(NCCN1CCCN(C)CC1)NC1CCN(c2cc(OC)cc(OC)c2)C1. The minimum atomic E-state index is 0.361. The molecule has 0 saturated carbocycles. The van der Waals surface area contributed by atoms with Crippen LogP contribution in [0.5, 0.6) is 11.5 Å². The highest BCUT2D eigenvalue weighted by Crippen LogP contribution is 2.30. The Morgan fingerprint density at radius 3 is 2.53 bits per heavy atom. The number of hydrogen-bond donors (Lipinski definition) is 2. The third-order valence-electron chi connectivity index (χ3n) is 5.99. The van der Waals surface area contributed by atoms with Gasteiger partial charge in [0, 0.05) is 76.2 Å². The molecule has 1 aromatic carbocycles. The molecule has 2 aliphatic rings. The first-order valence-corrected chi connectivity index (χ1v) is 11.0. The molecule has 1 atom stereocenters. The molecule has 1 aromatic rings. The first-order chi connectivity index (χ1) is 14.6. The number of rotatable bonds is 7. The molecular weight excluding hydrogens is 380 g/mol. The molecule has 1 unspecified atom stereocenters. The van der Waals surface area contributed by atoms with Gasteiger partial charge in [0.1, 0.15) is 11.5 Å². The number of nitrogens with one attached hydrogen (secondary N) is 2. The summed E-state index contributed by atoms with van der Waals surface area (Å²) in [6.07, 6.45) is 2.31. The van der Waals surface area contributed by atoms with Crippen LogP contribution >= 0.6 is 0 Å². The number of anilines is 1. The van der Waals surface area contributed by atoms with E-state index in [4.69, 9.17) is 9.47 Å². The lowest BCUT2D eigenvalue weighted by Gasteiger charge is -2.23. The molecule has 2 fully saturated rings. The third-order valence-corrected chi connectivity index (χ3v) is 5.99. The van der Waals surface area contributed by atoms with Gasteiger partial charge in [0.2, 0.25) is 0 Å². The molecule has 0 amide bonds. The maximum absolute atomic E-state index is 5.42. The van der Waals surface area contributed by atoms with Gasteiger partial charge in [-0.25, -0.2) is 0 Å². The van der Waals surface area contributed by atoms with Crippen LogP contribution in [-0.2, 0) is 0 Å². The molecule has 8 heteroatoms. The van der Waals surface area contributed by atoms with E-state index in [1.165, 1.54) is 19.5 Å². The predicted molar refractivity (Wildman–Crippen MR) is 123 cm³/mol. The van der Waals surface area contributed by atoms with Gasteiger partial charge in [0.15, 0.2) is 5.96 Å². The molecule has 2 heterocycles. The Balaban J connectivity index is 1.45. The zero-order chi connectivity index (χ0) is 21.3. The van der Waals surface area contributed by atoms with E-state index in [9.17, 15) is 0 Å². The smallest absolute Gasteiger partial charge is 0.191 e. The van der Waals surface area contributed by atoms with Gasteiger partial charge in [0.25, 0.3) is 0 Å². The molecule has 30 heavy (non-hydrogen) atoms. The topological polar surface area (TPSA) is 64.6 Å². The average Bonchev–Trinajstić information content (AvgIpc) is 3.14. The second-order valence-electron chi connectivity index (χ2n) is 8.14. The first kappa shape index (κ1) is 22.5. The van der Waals surface area contributed by atoms with Gasteiger partial charge in [0.05, 0.1) is 14.2 Å². The fourth-order valence-corrected chi connectivity index (χ4v) is 4.13. The van der Waals surface area contributed by atoms with E-state index in [-0.39, 0.29) is 0 Å². The Hall–Kier alpha value is -2.19. The molecule has 8 nitrogen and oxygen atoms in total. The number of aliphatic imine (C=N–C) groups is 1. The van der Waals surface area contributed by atoms with Crippen molar-refractivity contribution in [2.24, 2.45) is 4.99 Å². The minimum Gasteiger partial charge on any atom is -0.497 e. The molecule has 0 aromatic heterocycles. The Morgan fingerprint density at radius 2 is 1.83 bits per heavy atom. The van der Waals surface area contributed by atoms with E-state index in [0.29, 0.717) is 6.04 Å². The monoisotopic (exact) mass is 418 g/mol. The van der Waals surface area contributed by atoms with Crippen LogP contribution in [0.1, 0.15) is 12.8 Å². The number of guanidine groups is 1. The van der Waals surface area contributed by atoms with Crippen LogP contribution < -0.4 is 25.0 Å². The van der Waals surface area contributed by atoms with Crippen LogP contribution in [-0.4, -0.2) is 102 Å². The van der Waals surface area contributed by atoms with Crippen LogP contribution in [0, 0.1) is 0 Å². The quantitative estimate of drug-likeness (QED) is 0.508. The van der Waals surface area contributed by atoms with E-state index in [1.807, 2.05) is 13.1 Å². The van der Waals surface area contributed by atoms with E-state index in [2.05, 4.69) is 49.5 Å². The lowest BCUT2D eigenvalue weighted by atomic mass is 10.2. The second-order valence-corrected chi connectivity index (χ2v) is 8.14. The summed E-state index contributed by atoms with van der Waals surface area (Å²) in [4.78, 5) is 11.7. The van der Waals surface area contributed by atoms with Crippen molar-refractivity contribution >= 4 is 11.6 Å². The maximum Gasteiger partial charge on any atom is 0.191 e. The number of hydrogen-bond acceptors (Lipinski definition) is 6. The number of ether oxygens (including phenoxy) is 2. The van der Waals surface area contributed by atoms with E-state index >= 15 is 0 Å². The van der Waals surface area contributed by atoms with Gasteiger partial charge in [-0.3, -0.25) is 4.99 Å². The Labute approximate surface area is 181 Å². The van der Waals surface area contributed by atoms with Crippen molar-refractivity contribution in [2.45, 2.75) is 18.9 Å². The largest absolute Gasteiger partial charge is 0.497 e. The van der Waals surface area contributed by atoms with Crippen molar-refractivity contribution in [1.82, 2.24) is 20.4 Å². The molecule has 0 radical (unpaired) electrons. The van der Waals surface area contributed by atoms with Crippen LogP contribution in [0.25, 0.3) is 0 Å². The zero-order valence-corrected chi connectivity index (χ0v) is 19.0. The zero-order valence-electron chi connectivity index (χ0n) is 19.0. The third kappa shape index (κ3) is 6.40. The van der Waals surface area contributed by atoms with Crippen molar-refractivity contribution in [3.8, 4) is 11.5 Å². The van der Waals surface area contributed by atoms with Crippen LogP contribution in [0.2, 0.25) is 0 Å². The molecular formula is C22H38N6O2. The summed E-state index contributed by atoms with van der Waals surface area (Å²) in [5.74, 6) is 2.52. The van der Waals surface area contributed by atoms with Crippen LogP contribution in [0.3, 0.4) is 0 Å². The lowest BCUT2D eigenvalue weighted by Crippen LogP contribution is -2.46. The van der Waals surface area contributed by atoms with Gasteiger partial charge in [-0.1, -0.05) is 0 Å². The highest BCUT2D eigenvalue weighted by molar-refractivity contribution is 5.80. The first-order valence-electron chi connectivity index (χ1n) is 11.0. The van der Waals surface area contributed by atoms with E-state index < -0.39 is 0 Å². The maximum atomic E-state index is 5.42. The summed E-state index contributed by atoms with van der Waals surface area (Å²) in [7, 11) is 7.43. The van der Waals surface area contributed by atoms with Crippen LogP contribution in [0.15, 0.2) is 23.2 Å². The van der Waals surface area contributed by atoms with E-state index in [1.54, 1.807) is 14.2 Å². The molecule has 2 N–H and O–H groups in total. The molecule has 168 valence electrons. The second kappa shape index (κ2) is 11.3. The summed E-state index contributed by atoms with van der Waals surface area (Å²) >= 11 is 0. The summed E-state index contributed by atoms with van der Waals surface area (Å²) in [5.41, 5.74) is 1.13. The van der Waals surface area contributed by atoms with Gasteiger partial charge < -0.3 is 34.8 Å². The summed E-state index contributed by atoms with van der Waals surface area (Å²) in [6.45, 7) is 8.56. The lowest BCUT2D eigenvalue weighted by molar-refractivity contribution is 0.280. The van der Waals surface area contributed by atoms with Crippen LogP contribution in [0.4, 0.5) is 5.69 Å². The van der Waals surface area contributed by atoms with Crippen molar-refractivity contribution in [3.05, 3.63) is 18.2 Å². The molecule has 0 spiro atoms. The number of benzene rings is 1. The van der Waals surface area contributed by atoms with Gasteiger partial charge in [-0.2, -0.15) is 0 Å². The fourth-order valence-electron chi connectivity index (χ4n) is 4.13. The van der Waals surface area contributed by atoms with Crippen molar-refractivity contribution in [1.29, 1.82) is 0 Å². The fraction of sp³-hybridized carbons (Fsp3) is 0.682. The number of nitrogens with zero attached hydrogens (tertiary/aromatic N) is 4. The van der Waals surface area contributed by atoms with Crippen molar-refractivity contribution in [2.75, 3.05) is 85.6 Å². The molecule has 0 aliphatic carbocycles. The van der Waals surface area contributed by atoms with Gasteiger partial charge >= 0.3 is 0 Å². The normalized spacial score (nSPS) is 21.4. The number of likely N-dealkylation sites (N-methyl/N-ethyl adjacent to an activating group) is 1. The molecule has 2 aliphatic heterocycles. The highest BCUT2D eigenvalue weighted by Gasteiger charge is 2.24. The van der Waals surface area contributed by atoms with Crippen molar-refractivity contribution < 1.29 is 9.47 Å². The number of methoxy groups -OCH3 is 2. The van der Waals surface area contributed by atoms with E-state index in [0.717, 1.165) is 68.8 Å². The van der Waals surface area contributed by atoms with Crippen molar-refractivity contribution in [3.63, 3.8) is 0 Å². The Kier molecular flexibility index (Phi) is 8.45. The summed E-state index contributed by atoms with van der Waals surface area (Å²) in [6, 6.07) is 6.40. The van der Waals surface area contributed by atoms with Gasteiger partial charge in [-0.15, -0.1) is 0 Å². The predicted octanol–water partition coefficient (Wildman–Crippen LogP) is 1.09. The molecule has 3 rings (SSSR count). The minimum absolute atomic E-state index is 0.361. The summed E-state index contributed by atoms with van der Waals surface area (Å²) in [5, 5.41) is 7.08. The average molecular weight is 419 g/mol. The molecule has 0 bridgehead atoms. The molecule has 2 saturated heterocycles. The standard InChI is InChI=1S/C22H38N6O2/c1-23-22(24-7-11-27-9-5-8-26(2)12-13-27)25-18-6-10-28(17-18)19-14-20(29-3)16-21(15-19)30-4/h14-16,18H,5-13,17H2,1-4H3,(H2,23,24,25). The Bertz CT molecular complexity index is 676. The Morgan fingerprint density at radius 1 is 1.07 bits per heavy atom.